The Morgan fingerprint density at radius 2 is 1.95 bits per heavy atom. The molecule has 0 bridgehead atoms. The molecule has 0 aromatic rings. The average molecular weight is 290 g/mol. The summed E-state index contributed by atoms with van der Waals surface area (Å²) in [4.78, 5) is 0. The van der Waals surface area contributed by atoms with E-state index < -0.39 is 14.5 Å². The first-order chi connectivity index (χ1) is 9.17. The van der Waals surface area contributed by atoms with Gasteiger partial charge in [0.1, 0.15) is 0 Å². The van der Waals surface area contributed by atoms with Gasteiger partial charge in [0.2, 0.25) is 0 Å². The SMILES string of the molecule is COC1(OC)CCC[Si](CCCCC2CO2)(OC)O1. The lowest BCUT2D eigenvalue weighted by Crippen LogP contribution is -2.55. The standard InChI is InChI=1S/C13H26O5Si/c1-14-13(15-2)8-6-10-19(16-3,18-13)9-5-4-7-12-11-17-12/h12H,4-11H2,1-3H3. The minimum Gasteiger partial charge on any atom is -0.397 e. The third-order valence-electron chi connectivity index (χ3n) is 4.11. The zero-order chi connectivity index (χ0) is 13.8. The Labute approximate surface area is 116 Å². The number of hydrogen-bond donors (Lipinski definition) is 0. The summed E-state index contributed by atoms with van der Waals surface area (Å²) in [7, 11) is 2.85. The maximum absolute atomic E-state index is 6.17. The first-order valence-electron chi connectivity index (χ1n) is 7.15. The Morgan fingerprint density at radius 1 is 1.21 bits per heavy atom. The molecule has 5 nitrogen and oxygen atoms in total. The predicted octanol–water partition coefficient (Wildman–Crippen LogP) is 2.40. The largest absolute Gasteiger partial charge is 0.397 e. The summed E-state index contributed by atoms with van der Waals surface area (Å²) in [6.45, 7) is 0.944. The molecule has 0 aliphatic carbocycles. The van der Waals surface area contributed by atoms with Crippen molar-refractivity contribution in [1.82, 2.24) is 0 Å². The molecule has 112 valence electrons. The molecule has 0 amide bonds. The van der Waals surface area contributed by atoms with Crippen LogP contribution in [0.1, 0.15) is 32.1 Å². The maximum atomic E-state index is 6.17. The van der Waals surface area contributed by atoms with Crippen LogP contribution in [0.3, 0.4) is 0 Å². The second-order valence-electron chi connectivity index (χ2n) is 5.36. The van der Waals surface area contributed by atoms with Crippen LogP contribution >= 0.6 is 0 Å². The summed E-state index contributed by atoms with van der Waals surface area (Å²) in [5.74, 6) is -0.889. The van der Waals surface area contributed by atoms with Gasteiger partial charge in [0, 0.05) is 27.8 Å². The third kappa shape index (κ3) is 3.99. The van der Waals surface area contributed by atoms with Crippen molar-refractivity contribution in [2.75, 3.05) is 27.9 Å². The molecule has 19 heavy (non-hydrogen) atoms. The molecule has 2 aliphatic heterocycles. The van der Waals surface area contributed by atoms with E-state index in [2.05, 4.69) is 0 Å². The van der Waals surface area contributed by atoms with E-state index in [0.717, 1.165) is 44.4 Å². The molecule has 2 saturated heterocycles. The maximum Gasteiger partial charge on any atom is 0.342 e. The first kappa shape index (κ1) is 15.4. The van der Waals surface area contributed by atoms with E-state index in [1.54, 1.807) is 21.3 Å². The number of epoxide rings is 1. The molecule has 0 aromatic carbocycles. The predicted molar refractivity (Wildman–Crippen MR) is 73.0 cm³/mol. The molecule has 0 radical (unpaired) electrons. The molecular formula is C13H26O5Si. The van der Waals surface area contributed by atoms with E-state index in [1.807, 2.05) is 0 Å². The molecule has 6 heteroatoms. The molecule has 0 N–H and O–H groups in total. The van der Waals surface area contributed by atoms with Crippen LogP contribution in [0.15, 0.2) is 0 Å². The summed E-state index contributed by atoms with van der Waals surface area (Å²) in [5, 5.41) is 0. The minimum atomic E-state index is -2.18. The highest BCUT2D eigenvalue weighted by molar-refractivity contribution is 6.67. The number of rotatable bonds is 8. The van der Waals surface area contributed by atoms with Gasteiger partial charge in [-0.3, -0.25) is 0 Å². The van der Waals surface area contributed by atoms with Crippen molar-refractivity contribution in [2.24, 2.45) is 0 Å². The van der Waals surface area contributed by atoms with E-state index >= 15 is 0 Å². The highest BCUT2D eigenvalue weighted by atomic mass is 28.4. The smallest absolute Gasteiger partial charge is 0.342 e. The van der Waals surface area contributed by atoms with E-state index in [0.29, 0.717) is 6.10 Å². The lowest BCUT2D eigenvalue weighted by Gasteiger charge is -2.43. The fourth-order valence-electron chi connectivity index (χ4n) is 2.75. The lowest BCUT2D eigenvalue weighted by molar-refractivity contribution is -0.341. The Morgan fingerprint density at radius 3 is 2.53 bits per heavy atom. The molecular weight excluding hydrogens is 264 g/mol. The van der Waals surface area contributed by atoms with Crippen molar-refractivity contribution < 1.29 is 23.1 Å². The van der Waals surface area contributed by atoms with Gasteiger partial charge in [0.05, 0.1) is 12.7 Å². The highest BCUT2D eigenvalue weighted by Crippen LogP contribution is 2.38. The van der Waals surface area contributed by atoms with E-state index in [9.17, 15) is 0 Å². The number of ether oxygens (including phenoxy) is 3. The molecule has 2 atom stereocenters. The Hall–Kier alpha value is 0.0169. The molecule has 0 aromatic heterocycles. The van der Waals surface area contributed by atoms with Gasteiger partial charge < -0.3 is 23.1 Å². The van der Waals surface area contributed by atoms with Crippen LogP contribution in [-0.4, -0.2) is 48.6 Å². The van der Waals surface area contributed by atoms with Crippen LogP contribution in [0, 0.1) is 0 Å². The molecule has 2 unspecified atom stereocenters. The van der Waals surface area contributed by atoms with Crippen LogP contribution in [0.4, 0.5) is 0 Å². The zero-order valence-corrected chi connectivity index (χ0v) is 13.3. The summed E-state index contributed by atoms with van der Waals surface area (Å²) in [5.41, 5.74) is 0. The van der Waals surface area contributed by atoms with Crippen LogP contribution < -0.4 is 0 Å². The van der Waals surface area contributed by atoms with Gasteiger partial charge in [-0.15, -0.1) is 0 Å². The number of unbranched alkanes of at least 4 members (excludes halogenated alkanes) is 1. The van der Waals surface area contributed by atoms with Crippen LogP contribution in [0.25, 0.3) is 0 Å². The van der Waals surface area contributed by atoms with Crippen molar-refractivity contribution >= 4 is 8.56 Å². The van der Waals surface area contributed by atoms with Gasteiger partial charge in [-0.2, -0.15) is 0 Å². The normalized spacial score (nSPS) is 33.3. The first-order valence-corrected chi connectivity index (χ1v) is 9.38. The van der Waals surface area contributed by atoms with Crippen LogP contribution in [0.5, 0.6) is 0 Å². The number of methoxy groups -OCH3 is 2. The van der Waals surface area contributed by atoms with Crippen molar-refractivity contribution in [1.29, 1.82) is 0 Å². The Bertz CT molecular complexity index is 280. The van der Waals surface area contributed by atoms with Gasteiger partial charge in [0.15, 0.2) is 0 Å². The molecule has 2 aliphatic rings. The van der Waals surface area contributed by atoms with Gasteiger partial charge >= 0.3 is 8.56 Å². The molecule has 2 heterocycles. The van der Waals surface area contributed by atoms with Crippen LogP contribution in [0.2, 0.25) is 12.1 Å². The minimum absolute atomic E-state index is 0.518. The van der Waals surface area contributed by atoms with Crippen molar-refractivity contribution in [2.45, 2.75) is 56.3 Å². The summed E-state index contributed by atoms with van der Waals surface area (Å²) >= 11 is 0. The quantitative estimate of drug-likeness (QED) is 0.297. The second-order valence-corrected chi connectivity index (χ2v) is 8.80. The van der Waals surface area contributed by atoms with E-state index in [-0.39, 0.29) is 0 Å². The molecule has 0 spiro atoms. The fourth-order valence-corrected chi connectivity index (χ4v) is 6.04. The lowest BCUT2D eigenvalue weighted by atomic mass is 10.2. The Balaban J connectivity index is 1.84. The topological polar surface area (TPSA) is 49.5 Å². The van der Waals surface area contributed by atoms with Gasteiger partial charge in [-0.05, 0) is 24.9 Å². The molecule has 0 saturated carbocycles. The summed E-state index contributed by atoms with van der Waals surface area (Å²) in [6.07, 6.45) is 5.79. The third-order valence-corrected chi connectivity index (χ3v) is 7.77. The number of hydrogen-bond acceptors (Lipinski definition) is 5. The van der Waals surface area contributed by atoms with Crippen molar-refractivity contribution in [3.05, 3.63) is 0 Å². The molecule has 2 rings (SSSR count). The van der Waals surface area contributed by atoms with Crippen LogP contribution in [-0.2, 0) is 23.1 Å². The second kappa shape index (κ2) is 6.65. The monoisotopic (exact) mass is 290 g/mol. The summed E-state index contributed by atoms with van der Waals surface area (Å²) in [6, 6.07) is 2.03. The van der Waals surface area contributed by atoms with E-state index in [4.69, 9.17) is 23.1 Å². The van der Waals surface area contributed by atoms with Crippen molar-refractivity contribution in [3.8, 4) is 0 Å². The highest BCUT2D eigenvalue weighted by Gasteiger charge is 2.49. The average Bonchev–Trinajstić information content (AvgIpc) is 3.28. The molecule has 2 fully saturated rings. The van der Waals surface area contributed by atoms with Crippen molar-refractivity contribution in [3.63, 3.8) is 0 Å². The Kier molecular flexibility index (Phi) is 5.39. The fraction of sp³-hybridized carbons (Fsp3) is 1.00. The van der Waals surface area contributed by atoms with Gasteiger partial charge in [-0.1, -0.05) is 12.8 Å². The van der Waals surface area contributed by atoms with E-state index in [1.165, 1.54) is 6.42 Å². The summed E-state index contributed by atoms with van der Waals surface area (Å²) < 4.78 is 28.0. The zero-order valence-electron chi connectivity index (χ0n) is 12.3. The van der Waals surface area contributed by atoms with Gasteiger partial charge in [0.25, 0.3) is 5.97 Å². The van der Waals surface area contributed by atoms with Gasteiger partial charge in [-0.25, -0.2) is 0 Å².